The number of allylic oxidation sites excluding steroid dienone is 5. The Morgan fingerprint density at radius 2 is 1.47 bits per heavy atom. The Morgan fingerprint density at radius 1 is 0.759 bits per heavy atom. The quantitative estimate of drug-likeness (QED) is 0.0210. The minimum atomic E-state index is -1.46. The average Bonchev–Trinajstić information content (AvgIpc) is 1.49. The molecule has 3 heterocycles. The molecule has 3 saturated carbocycles. The van der Waals surface area contributed by atoms with Crippen LogP contribution in [0.25, 0.3) is 6.08 Å². The summed E-state index contributed by atoms with van der Waals surface area (Å²) in [5, 5.41) is 25.5. The molecular weight excluding hydrogens is 1440 g/mol. The van der Waals surface area contributed by atoms with Gasteiger partial charge in [0.25, 0.3) is 11.8 Å². The van der Waals surface area contributed by atoms with Crippen LogP contribution in [0.4, 0.5) is 21.0 Å². The number of amides is 9. The predicted octanol–water partition coefficient (Wildman–Crippen LogP) is 8.61. The number of ketones is 2. The SMILES string of the molecule is CCCC1OC2(C)C[C@H]3[C@@H]4CCC5=CC(=O)C=C[C@]5(C)[C@H]4C(O)C[C@]3(C)[C@]2(C(=O)COC2CCCCN2C(=O)CNC(=O)OCc2ccc(NC(=O)C(CCCNC(N)=O)=NC(=O)[C@@H](NC(=O)CCOCCOCCOCCOCCNC(=O)CCC(=O)N3Cc4ccccc4C(C)/C=C\c4ccccc43)C(C)C)cc2)O1. The Morgan fingerprint density at radius 3 is 2.21 bits per heavy atom. The maximum atomic E-state index is 15.3. The zero-order valence-electron chi connectivity index (χ0n) is 65.7. The number of aliphatic hydroxyl groups excluding tert-OH is 1. The van der Waals surface area contributed by atoms with Crippen LogP contribution in [0.1, 0.15) is 167 Å². The molecular formula is C84H113N9O19. The van der Waals surface area contributed by atoms with E-state index in [-0.39, 0.29) is 151 Å². The molecule has 0 spiro atoms. The number of ether oxygens (including phenoxy) is 8. The molecule has 9 amide bonds. The maximum Gasteiger partial charge on any atom is 0.407 e. The molecule has 3 aliphatic heterocycles. The second kappa shape index (κ2) is 39.7. The monoisotopic (exact) mass is 1550 g/mol. The van der Waals surface area contributed by atoms with Crippen molar-refractivity contribution in [3.05, 3.63) is 125 Å². The van der Waals surface area contributed by atoms with Gasteiger partial charge in [0.05, 0.1) is 71.2 Å². The van der Waals surface area contributed by atoms with Gasteiger partial charge in [0, 0.05) is 61.3 Å². The predicted molar refractivity (Wildman–Crippen MR) is 417 cm³/mol. The Kier molecular flexibility index (Phi) is 30.4. The minimum Gasteiger partial charge on any atom is -0.445 e. The molecule has 0 bridgehead atoms. The number of carbonyl (C=O) groups is 10. The van der Waals surface area contributed by atoms with Gasteiger partial charge in [0.15, 0.2) is 23.5 Å². The first-order valence-corrected chi connectivity index (χ1v) is 39.7. The number of nitrogens with zero attached hydrogens (tertiary/aromatic N) is 3. The van der Waals surface area contributed by atoms with Crippen molar-refractivity contribution in [1.82, 2.24) is 26.2 Å². The number of nitrogens with one attached hydrogen (secondary N) is 5. The third-order valence-electron chi connectivity index (χ3n) is 23.1. The van der Waals surface area contributed by atoms with Gasteiger partial charge in [0.2, 0.25) is 23.6 Å². The number of benzene rings is 3. The summed E-state index contributed by atoms with van der Waals surface area (Å²) >= 11 is 0. The van der Waals surface area contributed by atoms with Crippen LogP contribution in [0.5, 0.6) is 0 Å². The summed E-state index contributed by atoms with van der Waals surface area (Å²) in [7, 11) is 0. The second-order valence-corrected chi connectivity index (χ2v) is 31.1. The van der Waals surface area contributed by atoms with Crippen molar-refractivity contribution in [2.75, 3.05) is 95.9 Å². The molecule has 10 rings (SSSR count). The van der Waals surface area contributed by atoms with Crippen LogP contribution in [0.15, 0.2) is 108 Å². The summed E-state index contributed by atoms with van der Waals surface area (Å²) in [6.45, 7) is 15.8. The fourth-order valence-corrected chi connectivity index (χ4v) is 17.6. The lowest BCUT2D eigenvalue weighted by Gasteiger charge is -2.59. The molecule has 7 aliphatic rings. The Labute approximate surface area is 655 Å². The van der Waals surface area contributed by atoms with E-state index in [2.05, 4.69) is 70.6 Å². The zero-order valence-corrected chi connectivity index (χ0v) is 65.7. The number of hydrogen-bond donors (Lipinski definition) is 7. The summed E-state index contributed by atoms with van der Waals surface area (Å²) < 4.78 is 48.0. The number of nitrogens with two attached hydrogens (primary N) is 1. The molecule has 4 aliphatic carbocycles. The van der Waals surface area contributed by atoms with Gasteiger partial charge in [-0.1, -0.05) is 126 Å². The van der Waals surface area contributed by atoms with Crippen LogP contribution < -0.4 is 37.2 Å². The standard InChI is InChI=1S/C84H113N9O19/c1-8-16-74-111-83(7)48-64-63-30-27-59-47-61(94)33-35-81(59,5)75(63)67(95)49-82(64,6)84(83,112-74)68(96)53-109-73-22-13-14-38-92(73)72(100)50-88-80(104)110-52-56-24-28-60(29-25-56)89-77(101)65(20-15-36-87-79(85)103)90-78(102)76(54(2)3)91-70(98)34-39-105-41-43-107-45-46-108-44-42-106-40-37-86-69(97)31-32-71(99)93-51-58-18-9-11-19-62(58)55(4)23-26-57-17-10-12-21-66(57)93/h9-12,17-19,21,23-26,28-29,33,35,47,54-55,63-64,67,73-76,95H,8,13-16,20,22,27,30-32,34,36-46,48-53H2,1-7H3,(H,86,97)(H,88,104)(H,89,101)(H,91,98)(H3,85,87,103)/b26-23-,90-65?/t55?,63-,64-,67?,73?,74?,75+,76-,81-,82-,83?,84-/m0/s1. The van der Waals surface area contributed by atoms with Crippen molar-refractivity contribution in [2.45, 2.75) is 193 Å². The van der Waals surface area contributed by atoms with E-state index in [9.17, 15) is 48.3 Å². The normalized spacial score (nSPS) is 26.2. The third-order valence-corrected chi connectivity index (χ3v) is 23.1. The lowest BCUT2D eigenvalue weighted by Crippen LogP contribution is -2.66. The number of likely N-dealkylation sites (tertiary alicyclic amines) is 1. The van der Waals surface area contributed by atoms with Crippen LogP contribution in [0, 0.1) is 34.5 Å². The van der Waals surface area contributed by atoms with E-state index < -0.39 is 94.9 Å². The number of aliphatic hydroxyl groups is 1. The topological polar surface area (TPSA) is 370 Å². The van der Waals surface area contributed by atoms with Crippen LogP contribution in [0.2, 0.25) is 0 Å². The van der Waals surface area contributed by atoms with Crippen molar-refractivity contribution >= 4 is 82.3 Å². The summed E-state index contributed by atoms with van der Waals surface area (Å²) in [6, 6.07) is 20.3. The van der Waals surface area contributed by atoms with Gasteiger partial charge in [-0.2, -0.15) is 0 Å². The van der Waals surface area contributed by atoms with Gasteiger partial charge in [-0.25, -0.2) is 14.6 Å². The summed E-state index contributed by atoms with van der Waals surface area (Å²) in [5.41, 5.74) is 7.10. The first-order chi connectivity index (χ1) is 53.8. The van der Waals surface area contributed by atoms with Gasteiger partial charge < -0.3 is 85.1 Å². The molecule has 2 saturated heterocycles. The van der Waals surface area contributed by atoms with Crippen molar-refractivity contribution in [3.8, 4) is 0 Å². The highest BCUT2D eigenvalue weighted by Crippen LogP contribution is 2.72. The Bertz CT molecular complexity index is 3980. The Balaban J connectivity index is 0.600. The second-order valence-electron chi connectivity index (χ2n) is 31.1. The number of urea groups is 1. The van der Waals surface area contributed by atoms with Gasteiger partial charge in [0.1, 0.15) is 43.3 Å². The number of carbonyl (C=O) groups excluding carboxylic acids is 10. The Hall–Kier alpha value is -8.87. The molecule has 3 aromatic rings. The highest BCUT2D eigenvalue weighted by Gasteiger charge is 2.80. The minimum absolute atomic E-state index is 0.0221. The number of rotatable bonds is 37. The van der Waals surface area contributed by atoms with E-state index in [0.29, 0.717) is 76.3 Å². The fraction of sp³-hybridized carbons (Fsp3) is 0.583. The van der Waals surface area contributed by atoms with Crippen LogP contribution in [-0.2, 0) is 89.4 Å². The smallest absolute Gasteiger partial charge is 0.407 e. The number of para-hydroxylation sites is 1. The van der Waals surface area contributed by atoms with Crippen LogP contribution in [-0.4, -0.2) is 196 Å². The molecule has 112 heavy (non-hydrogen) atoms. The summed E-state index contributed by atoms with van der Waals surface area (Å²) in [5.74, 6) is -3.59. The molecule has 28 nitrogen and oxygen atoms in total. The number of piperidine rings is 1. The van der Waals surface area contributed by atoms with Gasteiger partial charge in [-0.05, 0) is 147 Å². The largest absolute Gasteiger partial charge is 0.445 e. The van der Waals surface area contributed by atoms with Gasteiger partial charge >= 0.3 is 12.1 Å². The van der Waals surface area contributed by atoms with Crippen LogP contribution >= 0.6 is 0 Å². The number of hydrogen-bond acceptors (Lipinski definition) is 19. The number of anilines is 2. The summed E-state index contributed by atoms with van der Waals surface area (Å²) in [4.78, 5) is 141. The van der Waals surface area contributed by atoms with Crippen molar-refractivity contribution < 1.29 is 90.9 Å². The summed E-state index contributed by atoms with van der Waals surface area (Å²) in [6.07, 6.45) is 12.1. The first kappa shape index (κ1) is 85.6. The van der Waals surface area contributed by atoms with Gasteiger partial charge in [-0.3, -0.25) is 38.4 Å². The molecule has 12 atom stereocenters. The highest BCUT2D eigenvalue weighted by molar-refractivity contribution is 6.44. The van der Waals surface area contributed by atoms with Crippen molar-refractivity contribution in [3.63, 3.8) is 0 Å². The lowest BCUT2D eigenvalue weighted by atomic mass is 9.46. The molecule has 0 radical (unpaired) electrons. The fourth-order valence-electron chi connectivity index (χ4n) is 17.6. The number of fused-ring (bicyclic) bond motifs is 9. The van der Waals surface area contributed by atoms with Crippen molar-refractivity contribution in [2.24, 2.45) is 45.2 Å². The average molecular weight is 1550 g/mol. The van der Waals surface area contributed by atoms with E-state index in [1.807, 2.05) is 62.4 Å². The third kappa shape index (κ3) is 20.9. The highest BCUT2D eigenvalue weighted by atomic mass is 16.8. The van der Waals surface area contributed by atoms with Crippen molar-refractivity contribution in [1.29, 1.82) is 0 Å². The van der Waals surface area contributed by atoms with E-state index in [4.69, 9.17) is 43.6 Å². The molecule has 28 heteroatoms. The number of primary amides is 1. The molecule has 5 fully saturated rings. The van der Waals surface area contributed by atoms with Crippen LogP contribution in [0.3, 0.4) is 0 Å². The van der Waals surface area contributed by atoms with E-state index in [1.165, 1.54) is 4.90 Å². The number of aliphatic imine (C=N–C) groups is 1. The van der Waals surface area contributed by atoms with E-state index in [1.54, 1.807) is 55.2 Å². The molecule has 3 aromatic carbocycles. The number of Topliss-reactive ketones (excluding diaryl/α,β-unsaturated/α-hetero) is 1. The lowest BCUT2D eigenvalue weighted by molar-refractivity contribution is -0.204. The molecule has 5 unspecified atom stereocenters. The maximum absolute atomic E-state index is 15.3. The molecule has 608 valence electrons. The number of alkyl carbamates (subject to hydrolysis) is 1. The van der Waals surface area contributed by atoms with Gasteiger partial charge in [-0.15, -0.1) is 0 Å². The first-order valence-electron chi connectivity index (χ1n) is 39.7. The molecule has 0 aromatic heterocycles. The molecule has 8 N–H and O–H groups in total. The van der Waals surface area contributed by atoms with E-state index in [0.717, 1.165) is 47.2 Å². The van der Waals surface area contributed by atoms with E-state index >= 15 is 4.79 Å². The zero-order chi connectivity index (χ0) is 80.2.